The van der Waals surface area contributed by atoms with E-state index in [0.29, 0.717) is 12.4 Å². The summed E-state index contributed by atoms with van der Waals surface area (Å²) >= 11 is 0. The van der Waals surface area contributed by atoms with Crippen molar-refractivity contribution in [1.82, 2.24) is 24.6 Å². The summed E-state index contributed by atoms with van der Waals surface area (Å²) in [7, 11) is -0.985. The zero-order valence-corrected chi connectivity index (χ0v) is 21.7. The minimum Gasteiger partial charge on any atom is -0.494 e. The van der Waals surface area contributed by atoms with Crippen LogP contribution in [0.4, 0.5) is 5.82 Å². The Labute approximate surface area is 209 Å². The highest BCUT2D eigenvalue weighted by molar-refractivity contribution is 7.82. The number of nitrogens with zero attached hydrogens (tertiary/aromatic N) is 3. The van der Waals surface area contributed by atoms with Gasteiger partial charge in [0.1, 0.15) is 17.1 Å². The molecule has 1 amide bonds. The van der Waals surface area contributed by atoms with Gasteiger partial charge in [-0.2, -0.15) is 0 Å². The molecule has 0 aliphatic heterocycles. The number of benzene rings is 1. The van der Waals surface area contributed by atoms with Crippen LogP contribution in [0.25, 0.3) is 21.9 Å². The highest BCUT2D eigenvalue weighted by Gasteiger charge is 2.17. The molecule has 0 aliphatic rings. The zero-order valence-electron chi connectivity index (χ0n) is 20.8. The van der Waals surface area contributed by atoms with Gasteiger partial charge < -0.3 is 20.4 Å². The van der Waals surface area contributed by atoms with Crippen LogP contribution in [-0.2, 0) is 28.7 Å². The summed E-state index contributed by atoms with van der Waals surface area (Å²) in [4.78, 5) is 19.8. The van der Waals surface area contributed by atoms with Crippen molar-refractivity contribution in [3.8, 4) is 5.75 Å². The molecule has 10 heteroatoms. The Morgan fingerprint density at radius 2 is 1.91 bits per heavy atom. The Hall–Kier alpha value is -2.72. The number of fused-ring (bicyclic) bond motifs is 3. The number of ether oxygens (including phenoxy) is 1. The number of hydrogen-bond acceptors (Lipinski definition) is 6. The summed E-state index contributed by atoms with van der Waals surface area (Å²) in [5.41, 5.74) is 8.94. The summed E-state index contributed by atoms with van der Waals surface area (Å²) in [6.07, 6.45) is 10.2. The quantitative estimate of drug-likeness (QED) is 0.192. The summed E-state index contributed by atoms with van der Waals surface area (Å²) in [6, 6.07) is 6.00. The number of rotatable bonds is 17. The van der Waals surface area contributed by atoms with Crippen molar-refractivity contribution in [3.05, 3.63) is 24.0 Å². The van der Waals surface area contributed by atoms with E-state index in [-0.39, 0.29) is 0 Å². The Morgan fingerprint density at radius 1 is 1.11 bits per heavy atom. The Balaban J connectivity index is 1.73. The van der Waals surface area contributed by atoms with Crippen LogP contribution in [0.3, 0.4) is 0 Å². The van der Waals surface area contributed by atoms with Crippen molar-refractivity contribution in [1.29, 1.82) is 0 Å². The Bertz CT molecular complexity index is 1130. The Kier molecular flexibility index (Phi) is 10.7. The third kappa shape index (κ3) is 7.63. The molecule has 0 aliphatic carbocycles. The van der Waals surface area contributed by atoms with Crippen LogP contribution in [0.5, 0.6) is 5.75 Å². The van der Waals surface area contributed by atoms with Gasteiger partial charge in [-0.3, -0.25) is 4.79 Å². The van der Waals surface area contributed by atoms with Crippen molar-refractivity contribution < 1.29 is 13.7 Å². The molecule has 2 aromatic heterocycles. The first-order chi connectivity index (χ1) is 17.0. The highest BCUT2D eigenvalue weighted by atomic mass is 32.2. The molecule has 1 aromatic carbocycles. The van der Waals surface area contributed by atoms with E-state index >= 15 is 0 Å². The van der Waals surface area contributed by atoms with Crippen LogP contribution in [0, 0.1) is 0 Å². The minimum absolute atomic E-state index is 0.438. The normalized spacial score (nSPS) is 12.3. The maximum atomic E-state index is 11.2. The number of nitrogens with two attached hydrogens (primary N) is 1. The molecule has 0 saturated heterocycles. The SMILES string of the molecule is CCCc1nc2c(N)nc3cc(OCCCCCCNC=O)ccc3c2n1CCCCNS(C)=O. The highest BCUT2D eigenvalue weighted by Crippen LogP contribution is 2.31. The van der Waals surface area contributed by atoms with E-state index in [0.717, 1.165) is 111 Å². The van der Waals surface area contributed by atoms with Gasteiger partial charge in [0.15, 0.2) is 5.82 Å². The molecule has 0 saturated carbocycles. The molecule has 0 spiro atoms. The molecule has 192 valence electrons. The maximum absolute atomic E-state index is 11.2. The minimum atomic E-state index is -0.985. The molecule has 1 atom stereocenters. The molecular formula is C25H38N6O3S. The van der Waals surface area contributed by atoms with Gasteiger partial charge in [-0.15, -0.1) is 0 Å². The molecule has 9 nitrogen and oxygen atoms in total. The number of unbranched alkanes of at least 4 members (excludes halogenated alkanes) is 4. The zero-order chi connectivity index (χ0) is 25.0. The van der Waals surface area contributed by atoms with Crippen molar-refractivity contribution >= 4 is 45.1 Å². The number of aryl methyl sites for hydroxylation is 2. The largest absolute Gasteiger partial charge is 0.494 e. The monoisotopic (exact) mass is 502 g/mol. The lowest BCUT2D eigenvalue weighted by Crippen LogP contribution is -2.17. The summed E-state index contributed by atoms with van der Waals surface area (Å²) < 4.78 is 22.5. The first kappa shape index (κ1) is 26.9. The average Bonchev–Trinajstić information content (AvgIpc) is 3.19. The van der Waals surface area contributed by atoms with Crippen molar-refractivity contribution in [2.45, 2.75) is 64.8 Å². The molecule has 4 N–H and O–H groups in total. The second kappa shape index (κ2) is 14.0. The number of hydrogen-bond donors (Lipinski definition) is 3. The number of nitrogen functional groups attached to an aromatic ring is 1. The molecule has 1 unspecified atom stereocenters. The smallest absolute Gasteiger partial charge is 0.207 e. The number of nitrogens with one attached hydrogen (secondary N) is 2. The number of amides is 1. The molecule has 0 fully saturated rings. The number of carbonyl (C=O) groups excluding carboxylic acids is 1. The van der Waals surface area contributed by atoms with Gasteiger partial charge in [0.05, 0.1) is 28.6 Å². The van der Waals surface area contributed by atoms with Crippen molar-refractivity contribution in [3.63, 3.8) is 0 Å². The van der Waals surface area contributed by atoms with Crippen molar-refractivity contribution in [2.75, 3.05) is 31.7 Å². The van der Waals surface area contributed by atoms with Gasteiger partial charge >= 0.3 is 0 Å². The second-order valence-corrected chi connectivity index (χ2v) is 9.89. The summed E-state index contributed by atoms with van der Waals surface area (Å²) in [5, 5.41) is 3.70. The van der Waals surface area contributed by atoms with E-state index in [9.17, 15) is 9.00 Å². The third-order valence-corrected chi connectivity index (χ3v) is 6.52. The predicted octanol–water partition coefficient (Wildman–Crippen LogP) is 3.47. The molecule has 0 bridgehead atoms. The molecule has 0 radical (unpaired) electrons. The van der Waals surface area contributed by atoms with E-state index in [1.54, 1.807) is 6.26 Å². The molecule has 35 heavy (non-hydrogen) atoms. The maximum Gasteiger partial charge on any atom is 0.207 e. The van der Waals surface area contributed by atoms with Gasteiger partial charge in [-0.05, 0) is 44.2 Å². The molecule has 2 heterocycles. The van der Waals surface area contributed by atoms with Gasteiger partial charge in [-0.25, -0.2) is 18.9 Å². The van der Waals surface area contributed by atoms with Crippen LogP contribution in [0.1, 0.15) is 57.7 Å². The number of aromatic nitrogens is 3. The lowest BCUT2D eigenvalue weighted by atomic mass is 10.1. The number of anilines is 1. The van der Waals surface area contributed by atoms with Crippen LogP contribution in [-0.4, -0.2) is 51.1 Å². The number of carbonyl (C=O) groups is 1. The lowest BCUT2D eigenvalue weighted by Gasteiger charge is -2.12. The van der Waals surface area contributed by atoms with Crippen molar-refractivity contribution in [2.24, 2.45) is 0 Å². The third-order valence-electron chi connectivity index (χ3n) is 5.91. The number of imidazole rings is 1. The predicted molar refractivity (Wildman–Crippen MR) is 143 cm³/mol. The average molecular weight is 503 g/mol. The van der Waals surface area contributed by atoms with E-state index in [4.69, 9.17) is 15.5 Å². The van der Waals surface area contributed by atoms with E-state index in [2.05, 4.69) is 32.6 Å². The van der Waals surface area contributed by atoms with Gasteiger partial charge in [0, 0.05) is 43.8 Å². The van der Waals surface area contributed by atoms with Crippen LogP contribution in [0.15, 0.2) is 18.2 Å². The van der Waals surface area contributed by atoms with Gasteiger partial charge in [0.25, 0.3) is 0 Å². The second-order valence-electron chi connectivity index (χ2n) is 8.69. The van der Waals surface area contributed by atoms with E-state index in [1.807, 2.05) is 12.1 Å². The first-order valence-electron chi connectivity index (χ1n) is 12.5. The lowest BCUT2D eigenvalue weighted by molar-refractivity contribution is -0.109. The number of pyridine rings is 1. The fourth-order valence-corrected chi connectivity index (χ4v) is 4.66. The first-order valence-corrected chi connectivity index (χ1v) is 14.1. The topological polar surface area (TPSA) is 124 Å². The van der Waals surface area contributed by atoms with E-state index in [1.165, 1.54) is 0 Å². The fraction of sp³-hybridized carbons (Fsp3) is 0.560. The molecule has 3 aromatic rings. The summed E-state index contributed by atoms with van der Waals surface area (Å²) in [6.45, 7) is 5.06. The Morgan fingerprint density at radius 3 is 2.69 bits per heavy atom. The van der Waals surface area contributed by atoms with Crippen LogP contribution < -0.4 is 20.5 Å². The molecule has 3 rings (SSSR count). The van der Waals surface area contributed by atoms with E-state index < -0.39 is 11.0 Å². The van der Waals surface area contributed by atoms with Gasteiger partial charge in [0.2, 0.25) is 6.41 Å². The molecular weight excluding hydrogens is 464 g/mol. The summed E-state index contributed by atoms with van der Waals surface area (Å²) in [5.74, 6) is 2.25. The fourth-order valence-electron chi connectivity index (χ4n) is 4.23. The van der Waals surface area contributed by atoms with Crippen LogP contribution in [0.2, 0.25) is 0 Å². The standard InChI is InChI=1S/C25H38N6O3S/c1-3-10-22-30-23-24(31(22)15-8-7-14-28-35(2)33)20-12-11-19(17-21(20)29-25(23)26)34-16-9-5-4-6-13-27-18-32/h11-12,17-18,28H,3-10,13-16H2,1-2H3,(H2,26,29)(H,27,32). The van der Waals surface area contributed by atoms with Gasteiger partial charge in [-0.1, -0.05) is 19.8 Å². The van der Waals surface area contributed by atoms with Crippen LogP contribution >= 0.6 is 0 Å².